The number of hydrazone groups is 1. The Morgan fingerprint density at radius 1 is 1.10 bits per heavy atom. The molecule has 0 saturated carbocycles. The van der Waals surface area contributed by atoms with Crippen LogP contribution >= 0.6 is 47.8 Å². The highest BCUT2D eigenvalue weighted by atomic mass is 79.9. The van der Waals surface area contributed by atoms with Gasteiger partial charge in [-0.1, -0.05) is 15.9 Å². The normalized spacial score (nSPS) is 10.8. The highest BCUT2D eigenvalue weighted by Gasteiger charge is 2.06. The van der Waals surface area contributed by atoms with E-state index in [1.54, 1.807) is 36.4 Å². The molecule has 0 aliphatic carbocycles. The molecule has 0 aromatic heterocycles. The van der Waals surface area contributed by atoms with E-state index in [1.807, 2.05) is 0 Å². The van der Waals surface area contributed by atoms with Crippen molar-refractivity contribution in [2.24, 2.45) is 5.10 Å². The Bertz CT molecular complexity index is 717. The van der Waals surface area contributed by atoms with Gasteiger partial charge in [0, 0.05) is 24.5 Å². The first-order chi connectivity index (χ1) is 9.97. The maximum atomic E-state index is 11.9. The molecule has 7 heteroatoms. The third kappa shape index (κ3) is 4.39. The summed E-state index contributed by atoms with van der Waals surface area (Å²) in [7, 11) is 0. The predicted molar refractivity (Wildman–Crippen MR) is 92.7 cm³/mol. The number of hydrogen-bond acceptors (Lipinski definition) is 3. The molecule has 0 bridgehead atoms. The standard InChI is InChI=1S/C14H9Br3N2O2/c15-10-3-1-9(13(20)6-10)7-18-19-14(21)8-2-4-11(16)12(17)5-8/h1-7,20H,(H,19,21). The second kappa shape index (κ2) is 7.20. The van der Waals surface area contributed by atoms with Gasteiger partial charge in [0.1, 0.15) is 5.75 Å². The molecule has 2 rings (SSSR count). The first-order valence-corrected chi connectivity index (χ1v) is 8.12. The van der Waals surface area contributed by atoms with E-state index in [-0.39, 0.29) is 11.7 Å². The number of rotatable bonds is 3. The fourth-order valence-electron chi connectivity index (χ4n) is 1.49. The summed E-state index contributed by atoms with van der Waals surface area (Å²) in [5.74, 6) is -0.259. The van der Waals surface area contributed by atoms with Crippen molar-refractivity contribution in [3.63, 3.8) is 0 Å². The van der Waals surface area contributed by atoms with Gasteiger partial charge >= 0.3 is 0 Å². The van der Waals surface area contributed by atoms with Crippen LogP contribution in [0.5, 0.6) is 5.75 Å². The van der Waals surface area contributed by atoms with Gasteiger partial charge in [-0.3, -0.25) is 4.79 Å². The van der Waals surface area contributed by atoms with E-state index in [2.05, 4.69) is 58.3 Å². The Morgan fingerprint density at radius 2 is 1.86 bits per heavy atom. The summed E-state index contributed by atoms with van der Waals surface area (Å²) >= 11 is 9.92. The molecule has 0 spiro atoms. The van der Waals surface area contributed by atoms with Crippen LogP contribution < -0.4 is 5.43 Å². The Hall–Kier alpha value is -1.18. The third-order valence-corrected chi connectivity index (χ3v) is 4.92. The molecular weight excluding hydrogens is 468 g/mol. The SMILES string of the molecule is O=C(NN=Cc1ccc(Br)cc1O)c1ccc(Br)c(Br)c1. The summed E-state index contributed by atoms with van der Waals surface area (Å²) < 4.78 is 2.41. The molecule has 0 aliphatic rings. The summed E-state index contributed by atoms with van der Waals surface area (Å²) in [6.07, 6.45) is 1.38. The Kier molecular flexibility index (Phi) is 5.55. The van der Waals surface area contributed by atoms with E-state index in [0.717, 1.165) is 13.4 Å². The van der Waals surface area contributed by atoms with Gasteiger partial charge in [-0.05, 0) is 68.3 Å². The molecule has 0 heterocycles. The monoisotopic (exact) mass is 474 g/mol. The van der Waals surface area contributed by atoms with E-state index in [0.29, 0.717) is 11.1 Å². The van der Waals surface area contributed by atoms with Crippen LogP contribution in [0.2, 0.25) is 0 Å². The Labute approximate surface area is 146 Å². The van der Waals surface area contributed by atoms with Gasteiger partial charge in [0.05, 0.1) is 6.21 Å². The summed E-state index contributed by atoms with van der Waals surface area (Å²) in [6, 6.07) is 10.1. The third-order valence-electron chi connectivity index (χ3n) is 2.54. The van der Waals surface area contributed by atoms with Gasteiger partial charge in [-0.15, -0.1) is 0 Å². The van der Waals surface area contributed by atoms with Crippen LogP contribution in [-0.4, -0.2) is 17.2 Å². The largest absolute Gasteiger partial charge is 0.507 e. The average Bonchev–Trinajstić information content (AvgIpc) is 2.44. The van der Waals surface area contributed by atoms with Crippen LogP contribution in [0.25, 0.3) is 0 Å². The van der Waals surface area contributed by atoms with E-state index in [9.17, 15) is 9.90 Å². The number of amides is 1. The number of nitrogens with zero attached hydrogens (tertiary/aromatic N) is 1. The van der Waals surface area contributed by atoms with Crippen LogP contribution in [0, 0.1) is 0 Å². The van der Waals surface area contributed by atoms with Crippen molar-refractivity contribution in [1.82, 2.24) is 5.43 Å². The number of carbonyl (C=O) groups is 1. The van der Waals surface area contributed by atoms with Crippen LogP contribution in [0.1, 0.15) is 15.9 Å². The number of benzene rings is 2. The minimum Gasteiger partial charge on any atom is -0.507 e. The van der Waals surface area contributed by atoms with Crippen LogP contribution in [0.4, 0.5) is 0 Å². The highest BCUT2D eigenvalue weighted by molar-refractivity contribution is 9.13. The summed E-state index contributed by atoms with van der Waals surface area (Å²) in [6.45, 7) is 0. The number of hydrogen-bond donors (Lipinski definition) is 2. The molecular formula is C14H9Br3N2O2. The fraction of sp³-hybridized carbons (Fsp3) is 0. The molecule has 0 atom stereocenters. The number of aromatic hydroxyl groups is 1. The predicted octanol–water partition coefficient (Wildman–Crippen LogP) is 4.44. The highest BCUT2D eigenvalue weighted by Crippen LogP contribution is 2.24. The number of carbonyl (C=O) groups excluding carboxylic acids is 1. The molecule has 2 aromatic rings. The molecule has 2 aromatic carbocycles. The van der Waals surface area contributed by atoms with Crippen LogP contribution in [-0.2, 0) is 0 Å². The minimum atomic E-state index is -0.337. The van der Waals surface area contributed by atoms with Crippen molar-refractivity contribution in [3.05, 3.63) is 60.9 Å². The Morgan fingerprint density at radius 3 is 2.52 bits per heavy atom. The zero-order valence-electron chi connectivity index (χ0n) is 10.5. The van der Waals surface area contributed by atoms with Crippen LogP contribution in [0.3, 0.4) is 0 Å². The van der Waals surface area contributed by atoms with Gasteiger partial charge in [-0.25, -0.2) is 5.43 Å². The van der Waals surface area contributed by atoms with Crippen molar-refractivity contribution in [1.29, 1.82) is 0 Å². The maximum absolute atomic E-state index is 11.9. The van der Waals surface area contributed by atoms with Gasteiger partial charge in [0.25, 0.3) is 5.91 Å². The van der Waals surface area contributed by atoms with Crippen molar-refractivity contribution in [2.75, 3.05) is 0 Å². The number of phenolic OH excluding ortho intramolecular Hbond substituents is 1. The fourth-order valence-corrected chi connectivity index (χ4v) is 2.46. The zero-order valence-corrected chi connectivity index (χ0v) is 15.2. The van der Waals surface area contributed by atoms with Crippen LogP contribution in [0.15, 0.2) is 54.9 Å². The van der Waals surface area contributed by atoms with Gasteiger partial charge in [-0.2, -0.15) is 5.10 Å². The van der Waals surface area contributed by atoms with Crippen molar-refractivity contribution >= 4 is 59.9 Å². The van der Waals surface area contributed by atoms with Gasteiger partial charge in [0.15, 0.2) is 0 Å². The van der Waals surface area contributed by atoms with Gasteiger partial charge in [0.2, 0.25) is 0 Å². The van der Waals surface area contributed by atoms with E-state index in [1.165, 1.54) is 6.21 Å². The molecule has 4 nitrogen and oxygen atoms in total. The van der Waals surface area contributed by atoms with Crippen molar-refractivity contribution in [3.8, 4) is 5.75 Å². The lowest BCUT2D eigenvalue weighted by molar-refractivity contribution is 0.0955. The van der Waals surface area contributed by atoms with E-state index in [4.69, 9.17) is 0 Å². The quantitative estimate of drug-likeness (QED) is 0.508. The smallest absolute Gasteiger partial charge is 0.271 e. The van der Waals surface area contributed by atoms with Crippen molar-refractivity contribution in [2.45, 2.75) is 0 Å². The molecule has 0 fully saturated rings. The molecule has 0 aliphatic heterocycles. The second-order valence-electron chi connectivity index (χ2n) is 4.03. The lowest BCUT2D eigenvalue weighted by atomic mass is 10.2. The molecule has 0 radical (unpaired) electrons. The molecule has 21 heavy (non-hydrogen) atoms. The summed E-state index contributed by atoms with van der Waals surface area (Å²) in [5, 5.41) is 13.5. The number of halogens is 3. The van der Waals surface area contributed by atoms with Gasteiger partial charge < -0.3 is 5.11 Å². The van der Waals surface area contributed by atoms with E-state index < -0.39 is 0 Å². The second-order valence-corrected chi connectivity index (χ2v) is 6.66. The molecule has 0 unspecified atom stereocenters. The summed E-state index contributed by atoms with van der Waals surface area (Å²) in [5.41, 5.74) is 3.39. The number of phenols is 1. The van der Waals surface area contributed by atoms with E-state index >= 15 is 0 Å². The maximum Gasteiger partial charge on any atom is 0.271 e. The number of nitrogens with one attached hydrogen (secondary N) is 1. The van der Waals surface area contributed by atoms with Crippen molar-refractivity contribution < 1.29 is 9.90 Å². The lowest BCUT2D eigenvalue weighted by Gasteiger charge is -2.02. The molecule has 2 N–H and O–H groups in total. The first kappa shape index (κ1) is 16.2. The lowest BCUT2D eigenvalue weighted by Crippen LogP contribution is -2.17. The minimum absolute atomic E-state index is 0.0776. The Balaban J connectivity index is 2.06. The average molecular weight is 477 g/mol. The molecule has 108 valence electrons. The zero-order chi connectivity index (χ0) is 15.4. The molecule has 0 saturated heterocycles. The molecule has 1 amide bonds. The topological polar surface area (TPSA) is 61.7 Å². The summed E-state index contributed by atoms with van der Waals surface area (Å²) in [4.78, 5) is 11.9. The first-order valence-electron chi connectivity index (χ1n) is 5.74.